The van der Waals surface area contributed by atoms with E-state index in [1.54, 1.807) is 11.3 Å². The third-order valence-corrected chi connectivity index (χ3v) is 3.30. The number of hydrogen-bond acceptors (Lipinski definition) is 3. The molecule has 0 spiro atoms. The fraction of sp³-hybridized carbons (Fsp3) is 0.167. The molecule has 2 aromatic rings. The molecule has 5 heteroatoms. The largest absolute Gasteiger partial charge is 0.346 e. The smallest absolute Gasteiger partial charge is 0.173 e. The van der Waals surface area contributed by atoms with Gasteiger partial charge < -0.3 is 10.2 Å². The molecular formula is C12H13N3S2. The average molecular weight is 263 g/mol. The summed E-state index contributed by atoms with van der Waals surface area (Å²) in [6, 6.07) is 9.91. The quantitative estimate of drug-likeness (QED) is 0.862. The van der Waals surface area contributed by atoms with Crippen LogP contribution in [-0.4, -0.2) is 22.0 Å². The van der Waals surface area contributed by atoms with Crippen LogP contribution < -0.4 is 5.32 Å². The molecule has 0 amide bonds. The maximum atomic E-state index is 5.32. The van der Waals surface area contributed by atoms with Gasteiger partial charge in [-0.15, -0.1) is 11.3 Å². The molecule has 0 atom stereocenters. The van der Waals surface area contributed by atoms with Crippen molar-refractivity contribution in [3.63, 3.8) is 0 Å². The Hall–Kier alpha value is -1.46. The number of hydrogen-bond donors (Lipinski definition) is 1. The van der Waals surface area contributed by atoms with Crippen molar-refractivity contribution >= 4 is 34.4 Å². The molecule has 1 heterocycles. The summed E-state index contributed by atoms with van der Waals surface area (Å²) in [7, 11) is 1.96. The normalized spacial score (nSPS) is 9.94. The highest BCUT2D eigenvalue weighted by Gasteiger charge is 2.06. The number of para-hydroxylation sites is 1. The zero-order chi connectivity index (χ0) is 12.1. The maximum absolute atomic E-state index is 5.32. The van der Waals surface area contributed by atoms with E-state index >= 15 is 0 Å². The van der Waals surface area contributed by atoms with E-state index in [0.29, 0.717) is 5.11 Å². The molecule has 0 aliphatic rings. The summed E-state index contributed by atoms with van der Waals surface area (Å²) in [5.74, 6) is 0. The van der Waals surface area contributed by atoms with Crippen LogP contribution in [0.25, 0.3) is 0 Å². The molecule has 1 N–H and O–H groups in total. The first kappa shape index (κ1) is 12.0. The van der Waals surface area contributed by atoms with Crippen LogP contribution in [0.3, 0.4) is 0 Å². The second-order valence-corrected chi connectivity index (χ2v) is 4.74. The topological polar surface area (TPSA) is 28.2 Å². The van der Waals surface area contributed by atoms with Crippen molar-refractivity contribution in [3.05, 3.63) is 46.9 Å². The van der Waals surface area contributed by atoms with Crippen molar-refractivity contribution in [1.82, 2.24) is 9.88 Å². The van der Waals surface area contributed by atoms with Gasteiger partial charge in [0.2, 0.25) is 0 Å². The monoisotopic (exact) mass is 263 g/mol. The molecule has 17 heavy (non-hydrogen) atoms. The first-order valence-electron chi connectivity index (χ1n) is 5.20. The summed E-state index contributed by atoms with van der Waals surface area (Å²) in [4.78, 5) is 6.20. The Morgan fingerprint density at radius 3 is 2.82 bits per heavy atom. The minimum atomic E-state index is 0.698. The van der Waals surface area contributed by atoms with Crippen LogP contribution >= 0.6 is 23.6 Å². The lowest BCUT2D eigenvalue weighted by Gasteiger charge is -2.19. The Balaban J connectivity index is 1.92. The highest BCUT2D eigenvalue weighted by molar-refractivity contribution is 7.80. The predicted octanol–water partition coefficient (Wildman–Crippen LogP) is 2.97. The van der Waals surface area contributed by atoms with Gasteiger partial charge in [0.25, 0.3) is 0 Å². The molecule has 0 unspecified atom stereocenters. The summed E-state index contributed by atoms with van der Waals surface area (Å²) in [6.45, 7) is 0.724. The molecule has 1 aromatic heterocycles. The molecule has 0 bridgehead atoms. The first-order chi connectivity index (χ1) is 8.25. The number of anilines is 1. The Labute approximate surface area is 110 Å². The van der Waals surface area contributed by atoms with Gasteiger partial charge in [-0.05, 0) is 24.4 Å². The van der Waals surface area contributed by atoms with Crippen LogP contribution in [0.15, 0.2) is 41.2 Å². The summed E-state index contributed by atoms with van der Waals surface area (Å²) in [5.41, 5.74) is 3.87. The SMILES string of the molecule is CN(Cc1cscn1)C(=S)Nc1ccccc1. The zero-order valence-corrected chi connectivity index (χ0v) is 11.1. The molecule has 3 nitrogen and oxygen atoms in total. The summed E-state index contributed by atoms with van der Waals surface area (Å²) < 4.78 is 0. The van der Waals surface area contributed by atoms with E-state index < -0.39 is 0 Å². The van der Waals surface area contributed by atoms with Crippen LogP contribution in [0.5, 0.6) is 0 Å². The van der Waals surface area contributed by atoms with E-state index in [1.165, 1.54) is 0 Å². The van der Waals surface area contributed by atoms with Crippen molar-refractivity contribution in [1.29, 1.82) is 0 Å². The molecule has 0 aliphatic heterocycles. The summed E-state index contributed by atoms with van der Waals surface area (Å²) in [6.07, 6.45) is 0. The molecule has 0 saturated heterocycles. The zero-order valence-electron chi connectivity index (χ0n) is 9.46. The van der Waals surface area contributed by atoms with Gasteiger partial charge in [-0.3, -0.25) is 0 Å². The highest BCUT2D eigenvalue weighted by Crippen LogP contribution is 2.08. The third-order valence-electron chi connectivity index (χ3n) is 2.25. The molecule has 88 valence electrons. The van der Waals surface area contributed by atoms with Gasteiger partial charge in [0.1, 0.15) is 0 Å². The molecule has 0 radical (unpaired) electrons. The standard InChI is InChI=1S/C12H13N3S2/c1-15(7-11-8-17-9-13-11)12(16)14-10-5-3-2-4-6-10/h2-6,8-9H,7H2,1H3,(H,14,16). The van der Waals surface area contributed by atoms with Crippen LogP contribution in [0.1, 0.15) is 5.69 Å². The lowest BCUT2D eigenvalue weighted by Crippen LogP contribution is -2.30. The summed E-state index contributed by atoms with van der Waals surface area (Å²) in [5, 5.41) is 5.91. The molecule has 0 saturated carbocycles. The minimum Gasteiger partial charge on any atom is -0.346 e. The Morgan fingerprint density at radius 2 is 2.18 bits per heavy atom. The second kappa shape index (κ2) is 5.75. The molecule has 0 fully saturated rings. The van der Waals surface area contributed by atoms with Gasteiger partial charge in [-0.25, -0.2) is 4.98 Å². The average Bonchev–Trinajstić information content (AvgIpc) is 2.83. The fourth-order valence-electron chi connectivity index (χ4n) is 1.37. The number of nitrogens with one attached hydrogen (secondary N) is 1. The van der Waals surface area contributed by atoms with Crippen LogP contribution in [0.4, 0.5) is 5.69 Å². The number of aromatic nitrogens is 1. The molecular weight excluding hydrogens is 250 g/mol. The van der Waals surface area contributed by atoms with E-state index in [4.69, 9.17) is 12.2 Å². The number of thiocarbonyl (C=S) groups is 1. The number of thiazole rings is 1. The number of benzene rings is 1. The van der Waals surface area contributed by atoms with Crippen molar-refractivity contribution in [2.45, 2.75) is 6.54 Å². The number of rotatable bonds is 3. The lowest BCUT2D eigenvalue weighted by molar-refractivity contribution is 0.502. The molecule has 2 rings (SSSR count). The van der Waals surface area contributed by atoms with Gasteiger partial charge in [-0.2, -0.15) is 0 Å². The van der Waals surface area contributed by atoms with Gasteiger partial charge in [0.05, 0.1) is 17.7 Å². The van der Waals surface area contributed by atoms with E-state index in [9.17, 15) is 0 Å². The van der Waals surface area contributed by atoms with E-state index in [-0.39, 0.29) is 0 Å². The first-order valence-corrected chi connectivity index (χ1v) is 6.55. The third kappa shape index (κ3) is 3.51. The highest BCUT2D eigenvalue weighted by atomic mass is 32.1. The van der Waals surface area contributed by atoms with Gasteiger partial charge in [0.15, 0.2) is 5.11 Å². The second-order valence-electron chi connectivity index (χ2n) is 3.63. The number of nitrogens with zero attached hydrogens (tertiary/aromatic N) is 2. The van der Waals surface area contributed by atoms with E-state index in [1.807, 2.05) is 53.2 Å². The lowest BCUT2D eigenvalue weighted by atomic mass is 10.3. The van der Waals surface area contributed by atoms with Crippen molar-refractivity contribution in [2.75, 3.05) is 12.4 Å². The van der Waals surface area contributed by atoms with E-state index in [0.717, 1.165) is 17.9 Å². The predicted molar refractivity (Wildman–Crippen MR) is 76.2 cm³/mol. The van der Waals surface area contributed by atoms with Crippen molar-refractivity contribution in [3.8, 4) is 0 Å². The van der Waals surface area contributed by atoms with E-state index in [2.05, 4.69) is 10.3 Å². The van der Waals surface area contributed by atoms with Crippen LogP contribution in [-0.2, 0) is 6.54 Å². The van der Waals surface area contributed by atoms with Crippen LogP contribution in [0, 0.1) is 0 Å². The molecule has 1 aromatic carbocycles. The Bertz CT molecular complexity index is 468. The molecule has 0 aliphatic carbocycles. The Kier molecular flexibility index (Phi) is 4.06. The van der Waals surface area contributed by atoms with Gasteiger partial charge >= 0.3 is 0 Å². The van der Waals surface area contributed by atoms with Gasteiger partial charge in [-0.1, -0.05) is 18.2 Å². The van der Waals surface area contributed by atoms with Gasteiger partial charge in [0, 0.05) is 18.1 Å². The fourth-order valence-corrected chi connectivity index (χ4v) is 2.10. The maximum Gasteiger partial charge on any atom is 0.173 e. The summed E-state index contributed by atoms with van der Waals surface area (Å²) >= 11 is 6.92. The van der Waals surface area contributed by atoms with Crippen molar-refractivity contribution in [2.24, 2.45) is 0 Å². The Morgan fingerprint density at radius 1 is 1.41 bits per heavy atom. The van der Waals surface area contributed by atoms with Crippen molar-refractivity contribution < 1.29 is 0 Å². The minimum absolute atomic E-state index is 0.698. The van der Waals surface area contributed by atoms with Crippen LogP contribution in [0.2, 0.25) is 0 Å².